The lowest BCUT2D eigenvalue weighted by atomic mass is 10.2. The van der Waals surface area contributed by atoms with Crippen molar-refractivity contribution in [2.75, 3.05) is 24.5 Å². The summed E-state index contributed by atoms with van der Waals surface area (Å²) < 4.78 is 13.3. The van der Waals surface area contributed by atoms with Crippen molar-refractivity contribution in [1.29, 1.82) is 0 Å². The summed E-state index contributed by atoms with van der Waals surface area (Å²) in [4.78, 5) is 19.2. The van der Waals surface area contributed by atoms with Crippen LogP contribution in [0, 0.1) is 0 Å². The van der Waals surface area contributed by atoms with Crippen LogP contribution in [-0.4, -0.2) is 36.7 Å². The highest BCUT2D eigenvalue weighted by Gasteiger charge is 2.23. The molecular formula is C16H16FN3OS. The molecule has 0 saturated carbocycles. The second-order valence-corrected chi connectivity index (χ2v) is 6.68. The molecule has 0 radical (unpaired) electrons. The first-order valence-corrected chi connectivity index (χ1v) is 8.30. The SMILES string of the molecule is O=C1NCCc2nc(-c3ccc(N4CCC(F)C4)cc3)sc21. The molecule has 1 unspecified atom stereocenters. The smallest absolute Gasteiger partial charge is 0.263 e. The van der Waals surface area contributed by atoms with Crippen molar-refractivity contribution in [3.63, 3.8) is 0 Å². The molecular weight excluding hydrogens is 301 g/mol. The molecule has 1 fully saturated rings. The van der Waals surface area contributed by atoms with Crippen LogP contribution in [-0.2, 0) is 6.42 Å². The van der Waals surface area contributed by atoms with Crippen LogP contribution in [0.15, 0.2) is 24.3 Å². The number of nitrogens with zero attached hydrogens (tertiary/aromatic N) is 2. The van der Waals surface area contributed by atoms with E-state index in [-0.39, 0.29) is 5.91 Å². The summed E-state index contributed by atoms with van der Waals surface area (Å²) in [5.41, 5.74) is 2.95. The van der Waals surface area contributed by atoms with Gasteiger partial charge in [-0.05, 0) is 30.7 Å². The van der Waals surface area contributed by atoms with Gasteiger partial charge in [0.1, 0.15) is 16.1 Å². The molecule has 0 bridgehead atoms. The molecule has 4 rings (SSSR count). The van der Waals surface area contributed by atoms with E-state index in [2.05, 4.69) is 15.2 Å². The molecule has 6 heteroatoms. The van der Waals surface area contributed by atoms with Gasteiger partial charge in [-0.3, -0.25) is 4.79 Å². The fraction of sp³-hybridized carbons (Fsp3) is 0.375. The molecule has 2 aliphatic rings. The summed E-state index contributed by atoms with van der Waals surface area (Å²) in [5.74, 6) is -0.0207. The van der Waals surface area contributed by atoms with Crippen LogP contribution in [0.25, 0.3) is 10.6 Å². The van der Waals surface area contributed by atoms with Crippen molar-refractivity contribution in [3.8, 4) is 10.6 Å². The van der Waals surface area contributed by atoms with E-state index in [4.69, 9.17) is 0 Å². The Morgan fingerprint density at radius 3 is 2.82 bits per heavy atom. The Hall–Kier alpha value is -1.95. The van der Waals surface area contributed by atoms with Crippen LogP contribution in [0.3, 0.4) is 0 Å². The number of anilines is 1. The third kappa shape index (κ3) is 2.37. The number of benzene rings is 1. The van der Waals surface area contributed by atoms with E-state index in [0.29, 0.717) is 19.5 Å². The largest absolute Gasteiger partial charge is 0.369 e. The predicted molar refractivity (Wildman–Crippen MR) is 85.3 cm³/mol. The quantitative estimate of drug-likeness (QED) is 0.926. The van der Waals surface area contributed by atoms with Gasteiger partial charge in [-0.1, -0.05) is 0 Å². The molecule has 1 saturated heterocycles. The summed E-state index contributed by atoms with van der Waals surface area (Å²) in [6.07, 6.45) is 0.682. The monoisotopic (exact) mass is 317 g/mol. The maximum atomic E-state index is 13.3. The Bertz CT molecular complexity index is 713. The Balaban J connectivity index is 1.60. The Morgan fingerprint density at radius 1 is 1.32 bits per heavy atom. The van der Waals surface area contributed by atoms with Crippen LogP contribution in [0.5, 0.6) is 0 Å². The van der Waals surface area contributed by atoms with Gasteiger partial charge in [0.15, 0.2) is 0 Å². The highest BCUT2D eigenvalue weighted by molar-refractivity contribution is 7.17. The van der Waals surface area contributed by atoms with Gasteiger partial charge in [-0.2, -0.15) is 0 Å². The molecule has 2 aliphatic heterocycles. The lowest BCUT2D eigenvalue weighted by molar-refractivity contribution is 0.0950. The topological polar surface area (TPSA) is 45.2 Å². The number of amides is 1. The highest BCUT2D eigenvalue weighted by Crippen LogP contribution is 2.31. The maximum Gasteiger partial charge on any atom is 0.263 e. The molecule has 3 heterocycles. The minimum atomic E-state index is -0.719. The fourth-order valence-corrected chi connectivity index (χ4v) is 4.00. The van der Waals surface area contributed by atoms with E-state index < -0.39 is 6.17 Å². The zero-order chi connectivity index (χ0) is 15.1. The molecule has 0 spiro atoms. The molecule has 114 valence electrons. The average molecular weight is 317 g/mol. The van der Waals surface area contributed by atoms with Crippen molar-refractivity contribution in [1.82, 2.24) is 10.3 Å². The number of aromatic nitrogens is 1. The third-order valence-corrected chi connectivity index (χ3v) is 5.31. The summed E-state index contributed by atoms with van der Waals surface area (Å²) >= 11 is 1.44. The van der Waals surface area contributed by atoms with Gasteiger partial charge in [0.05, 0.1) is 5.69 Å². The Kier molecular flexibility index (Phi) is 3.33. The zero-order valence-electron chi connectivity index (χ0n) is 12.0. The molecule has 0 aliphatic carbocycles. The van der Waals surface area contributed by atoms with Gasteiger partial charge in [-0.25, -0.2) is 9.37 Å². The summed E-state index contributed by atoms with van der Waals surface area (Å²) in [7, 11) is 0. The summed E-state index contributed by atoms with van der Waals surface area (Å²) in [6.45, 7) is 1.91. The van der Waals surface area contributed by atoms with E-state index >= 15 is 0 Å². The minimum absolute atomic E-state index is 0.0207. The van der Waals surface area contributed by atoms with Gasteiger partial charge < -0.3 is 10.2 Å². The van der Waals surface area contributed by atoms with Crippen molar-refractivity contribution < 1.29 is 9.18 Å². The molecule has 2 aromatic rings. The lowest BCUT2D eigenvalue weighted by Gasteiger charge is -2.17. The van der Waals surface area contributed by atoms with Gasteiger partial charge in [0.25, 0.3) is 5.91 Å². The maximum absolute atomic E-state index is 13.3. The third-order valence-electron chi connectivity index (χ3n) is 4.16. The van der Waals surface area contributed by atoms with Crippen LogP contribution in [0.4, 0.5) is 10.1 Å². The molecule has 1 atom stereocenters. The van der Waals surface area contributed by atoms with E-state index in [0.717, 1.165) is 39.8 Å². The van der Waals surface area contributed by atoms with Crippen molar-refractivity contribution in [3.05, 3.63) is 34.8 Å². The molecule has 1 aromatic carbocycles. The summed E-state index contributed by atoms with van der Waals surface area (Å²) in [6, 6.07) is 8.02. The first-order chi connectivity index (χ1) is 10.7. The number of rotatable bonds is 2. The van der Waals surface area contributed by atoms with Crippen molar-refractivity contribution in [2.45, 2.75) is 19.0 Å². The zero-order valence-corrected chi connectivity index (χ0v) is 12.8. The second-order valence-electron chi connectivity index (χ2n) is 5.68. The number of carbonyl (C=O) groups excluding carboxylic acids is 1. The number of nitrogens with one attached hydrogen (secondary N) is 1. The van der Waals surface area contributed by atoms with E-state index in [9.17, 15) is 9.18 Å². The average Bonchev–Trinajstić information content (AvgIpc) is 3.15. The van der Waals surface area contributed by atoms with E-state index in [1.807, 2.05) is 24.3 Å². The molecule has 22 heavy (non-hydrogen) atoms. The highest BCUT2D eigenvalue weighted by atomic mass is 32.1. The second kappa shape index (κ2) is 5.35. The number of hydrogen-bond donors (Lipinski definition) is 1. The number of hydrogen-bond acceptors (Lipinski definition) is 4. The van der Waals surface area contributed by atoms with Gasteiger partial charge in [-0.15, -0.1) is 11.3 Å². The van der Waals surface area contributed by atoms with Gasteiger partial charge in [0, 0.05) is 37.3 Å². The van der Waals surface area contributed by atoms with Crippen LogP contribution < -0.4 is 10.2 Å². The van der Waals surface area contributed by atoms with E-state index in [1.54, 1.807) is 0 Å². The first-order valence-electron chi connectivity index (χ1n) is 7.48. The van der Waals surface area contributed by atoms with Crippen LogP contribution in [0.1, 0.15) is 21.8 Å². The van der Waals surface area contributed by atoms with Crippen LogP contribution >= 0.6 is 11.3 Å². The number of alkyl halides is 1. The van der Waals surface area contributed by atoms with Gasteiger partial charge >= 0.3 is 0 Å². The Morgan fingerprint density at radius 2 is 2.14 bits per heavy atom. The van der Waals surface area contributed by atoms with Gasteiger partial charge in [0.2, 0.25) is 0 Å². The summed E-state index contributed by atoms with van der Waals surface area (Å²) in [5, 5.41) is 3.72. The molecule has 1 aromatic heterocycles. The standard InChI is InChI=1S/C16H16FN3OS/c17-11-6-8-20(9-11)12-3-1-10(2-4-12)16-19-13-5-7-18-15(21)14(13)22-16/h1-4,11H,5-9H2,(H,18,21). The lowest BCUT2D eigenvalue weighted by Crippen LogP contribution is -2.30. The molecule has 1 N–H and O–H groups in total. The number of carbonyl (C=O) groups is 1. The normalized spacial score (nSPS) is 20.9. The first kappa shape index (κ1) is 13.7. The van der Waals surface area contributed by atoms with E-state index in [1.165, 1.54) is 11.3 Å². The minimum Gasteiger partial charge on any atom is -0.369 e. The molecule has 4 nitrogen and oxygen atoms in total. The fourth-order valence-electron chi connectivity index (χ4n) is 2.96. The van der Waals surface area contributed by atoms with Crippen molar-refractivity contribution >= 4 is 22.9 Å². The number of fused-ring (bicyclic) bond motifs is 1. The Labute approximate surface area is 132 Å². The van der Waals surface area contributed by atoms with Crippen LogP contribution in [0.2, 0.25) is 0 Å². The van der Waals surface area contributed by atoms with Crippen molar-refractivity contribution in [2.24, 2.45) is 0 Å². The molecule has 1 amide bonds. The number of halogens is 1. The predicted octanol–water partition coefficient (Wildman–Crippen LogP) is 2.64. The number of thiazole rings is 1.